The summed E-state index contributed by atoms with van der Waals surface area (Å²) in [7, 11) is 0. The highest BCUT2D eigenvalue weighted by Crippen LogP contribution is 2.62. The molecule has 23 heavy (non-hydrogen) atoms. The molecule has 1 saturated heterocycles. The van der Waals surface area contributed by atoms with Crippen molar-refractivity contribution in [1.82, 2.24) is 15.6 Å². The number of nitrogens with zero attached hydrogens (tertiary/aromatic N) is 2. The van der Waals surface area contributed by atoms with Crippen molar-refractivity contribution < 1.29 is 4.74 Å². The average molecular weight is 314 g/mol. The SMILES string of the molecule is CCNC(=NCc1ccccn1)NC1C2CCOC2C12CCC2. The third kappa shape index (κ3) is 2.51. The number of rotatable bonds is 4. The van der Waals surface area contributed by atoms with Gasteiger partial charge in [0.25, 0.3) is 0 Å². The van der Waals surface area contributed by atoms with Crippen molar-refractivity contribution in [3.8, 4) is 0 Å². The highest BCUT2D eigenvalue weighted by Gasteiger charge is 2.66. The number of nitrogens with one attached hydrogen (secondary N) is 2. The van der Waals surface area contributed by atoms with Crippen LogP contribution in [0.1, 0.15) is 38.3 Å². The first-order valence-corrected chi connectivity index (χ1v) is 8.90. The maximum Gasteiger partial charge on any atom is 0.191 e. The predicted molar refractivity (Wildman–Crippen MR) is 90.1 cm³/mol. The molecule has 1 spiro atoms. The van der Waals surface area contributed by atoms with Gasteiger partial charge < -0.3 is 15.4 Å². The normalized spacial score (nSPS) is 31.2. The van der Waals surface area contributed by atoms with Gasteiger partial charge in [-0.2, -0.15) is 0 Å². The zero-order valence-corrected chi connectivity index (χ0v) is 13.8. The van der Waals surface area contributed by atoms with Crippen LogP contribution >= 0.6 is 0 Å². The minimum absolute atomic E-state index is 0.377. The van der Waals surface area contributed by atoms with Gasteiger partial charge in [0, 0.05) is 36.7 Å². The number of hydrogen-bond acceptors (Lipinski definition) is 3. The van der Waals surface area contributed by atoms with Gasteiger partial charge in [-0.25, -0.2) is 4.99 Å². The lowest BCUT2D eigenvalue weighted by molar-refractivity contribution is -0.171. The third-order valence-electron chi connectivity index (χ3n) is 5.80. The number of ether oxygens (including phenoxy) is 1. The maximum atomic E-state index is 6.00. The van der Waals surface area contributed by atoms with Gasteiger partial charge in [0.1, 0.15) is 0 Å². The van der Waals surface area contributed by atoms with E-state index in [1.165, 1.54) is 25.7 Å². The minimum atomic E-state index is 0.377. The lowest BCUT2D eigenvalue weighted by atomic mass is 9.46. The molecule has 3 aliphatic rings. The van der Waals surface area contributed by atoms with Crippen LogP contribution in [0.15, 0.2) is 29.4 Å². The van der Waals surface area contributed by atoms with Gasteiger partial charge in [-0.05, 0) is 38.3 Å². The summed E-state index contributed by atoms with van der Waals surface area (Å²) in [5.41, 5.74) is 1.38. The van der Waals surface area contributed by atoms with Crippen LogP contribution in [-0.2, 0) is 11.3 Å². The van der Waals surface area contributed by atoms with Crippen molar-refractivity contribution in [2.45, 2.75) is 51.3 Å². The van der Waals surface area contributed by atoms with Gasteiger partial charge in [0.15, 0.2) is 5.96 Å². The quantitative estimate of drug-likeness (QED) is 0.660. The van der Waals surface area contributed by atoms with Crippen LogP contribution in [-0.4, -0.2) is 36.2 Å². The van der Waals surface area contributed by atoms with Crippen LogP contribution in [0.25, 0.3) is 0 Å². The Morgan fingerprint density at radius 2 is 2.35 bits per heavy atom. The first kappa shape index (κ1) is 14.9. The van der Waals surface area contributed by atoms with Crippen LogP contribution in [0.3, 0.4) is 0 Å². The molecule has 2 heterocycles. The van der Waals surface area contributed by atoms with E-state index in [1.807, 2.05) is 24.4 Å². The molecule has 3 atom stereocenters. The fourth-order valence-corrected chi connectivity index (χ4v) is 4.57. The molecule has 4 rings (SSSR count). The van der Waals surface area contributed by atoms with Gasteiger partial charge in [0.2, 0.25) is 0 Å². The third-order valence-corrected chi connectivity index (χ3v) is 5.80. The molecule has 124 valence electrons. The van der Waals surface area contributed by atoms with E-state index in [0.29, 0.717) is 30.0 Å². The summed E-state index contributed by atoms with van der Waals surface area (Å²) in [5.74, 6) is 1.58. The minimum Gasteiger partial charge on any atom is -0.377 e. The Hall–Kier alpha value is -1.62. The molecule has 1 aliphatic heterocycles. The highest BCUT2D eigenvalue weighted by atomic mass is 16.5. The van der Waals surface area contributed by atoms with E-state index in [4.69, 9.17) is 9.73 Å². The Bertz CT molecular complexity index is 570. The highest BCUT2D eigenvalue weighted by molar-refractivity contribution is 5.80. The fraction of sp³-hybridized carbons (Fsp3) is 0.667. The number of pyridine rings is 1. The molecule has 2 aliphatic carbocycles. The van der Waals surface area contributed by atoms with Crippen molar-refractivity contribution in [2.75, 3.05) is 13.2 Å². The molecule has 1 aromatic rings. The molecule has 2 saturated carbocycles. The number of aliphatic imine (C=N–C) groups is 1. The molecule has 0 radical (unpaired) electrons. The molecule has 3 fully saturated rings. The van der Waals surface area contributed by atoms with Gasteiger partial charge in [-0.15, -0.1) is 0 Å². The standard InChI is InChI=1S/C18H26N4O/c1-2-19-17(21-12-13-6-3-4-10-20-13)22-15-14-7-11-23-16(14)18(15)8-5-9-18/h3-4,6,10,14-16H,2,5,7-9,11-12H2,1H3,(H2,19,21,22). The topological polar surface area (TPSA) is 58.5 Å². The molecule has 5 heteroatoms. The summed E-state index contributed by atoms with van der Waals surface area (Å²) in [5, 5.41) is 7.11. The van der Waals surface area contributed by atoms with Crippen LogP contribution < -0.4 is 10.6 Å². The van der Waals surface area contributed by atoms with E-state index in [0.717, 1.165) is 24.8 Å². The molecule has 5 nitrogen and oxygen atoms in total. The molecule has 2 N–H and O–H groups in total. The zero-order valence-electron chi connectivity index (χ0n) is 13.8. The Balaban J connectivity index is 1.45. The summed E-state index contributed by atoms with van der Waals surface area (Å²) in [6, 6.07) is 6.48. The zero-order chi connectivity index (χ0) is 15.7. The first-order valence-electron chi connectivity index (χ1n) is 8.90. The Morgan fingerprint density at radius 3 is 3.04 bits per heavy atom. The van der Waals surface area contributed by atoms with Crippen LogP contribution in [0.2, 0.25) is 0 Å². The lowest BCUT2D eigenvalue weighted by Crippen LogP contribution is -2.72. The van der Waals surface area contributed by atoms with Crippen molar-refractivity contribution in [1.29, 1.82) is 0 Å². The second-order valence-electron chi connectivity index (χ2n) is 6.97. The second-order valence-corrected chi connectivity index (χ2v) is 6.97. The van der Waals surface area contributed by atoms with E-state index in [9.17, 15) is 0 Å². The van der Waals surface area contributed by atoms with Gasteiger partial charge in [-0.3, -0.25) is 4.98 Å². The van der Waals surface area contributed by atoms with Crippen molar-refractivity contribution in [2.24, 2.45) is 16.3 Å². The van der Waals surface area contributed by atoms with Crippen LogP contribution in [0.5, 0.6) is 0 Å². The molecular formula is C18H26N4O. The van der Waals surface area contributed by atoms with E-state index < -0.39 is 0 Å². The first-order chi connectivity index (χ1) is 11.3. The van der Waals surface area contributed by atoms with E-state index in [-0.39, 0.29) is 0 Å². The number of guanidine groups is 1. The maximum absolute atomic E-state index is 6.00. The smallest absolute Gasteiger partial charge is 0.191 e. The van der Waals surface area contributed by atoms with Gasteiger partial charge in [-0.1, -0.05) is 12.5 Å². The van der Waals surface area contributed by atoms with Crippen molar-refractivity contribution >= 4 is 5.96 Å². The Morgan fingerprint density at radius 1 is 1.43 bits per heavy atom. The summed E-state index contributed by atoms with van der Waals surface area (Å²) < 4.78 is 6.00. The van der Waals surface area contributed by atoms with Crippen molar-refractivity contribution in [3.05, 3.63) is 30.1 Å². The molecule has 0 aromatic carbocycles. The van der Waals surface area contributed by atoms with Gasteiger partial charge >= 0.3 is 0 Å². The number of fused-ring (bicyclic) bond motifs is 2. The molecular weight excluding hydrogens is 288 g/mol. The lowest BCUT2D eigenvalue weighted by Gasteiger charge is -2.63. The Kier molecular flexibility index (Phi) is 3.97. The van der Waals surface area contributed by atoms with Crippen LogP contribution in [0, 0.1) is 11.3 Å². The molecule has 0 amide bonds. The fourth-order valence-electron chi connectivity index (χ4n) is 4.57. The largest absolute Gasteiger partial charge is 0.377 e. The molecule has 1 aromatic heterocycles. The summed E-state index contributed by atoms with van der Waals surface area (Å²) in [4.78, 5) is 9.09. The predicted octanol–water partition coefficient (Wildman–Crippen LogP) is 2.09. The monoisotopic (exact) mass is 314 g/mol. The van der Waals surface area contributed by atoms with E-state index in [2.05, 4.69) is 22.5 Å². The summed E-state index contributed by atoms with van der Waals surface area (Å²) in [6.45, 7) is 4.52. The van der Waals surface area contributed by atoms with Crippen LogP contribution in [0.4, 0.5) is 0 Å². The number of aromatic nitrogens is 1. The summed E-state index contributed by atoms with van der Waals surface area (Å²) >= 11 is 0. The van der Waals surface area contributed by atoms with E-state index in [1.54, 1.807) is 0 Å². The molecule has 3 unspecified atom stereocenters. The number of hydrogen-bond donors (Lipinski definition) is 2. The van der Waals surface area contributed by atoms with Gasteiger partial charge in [0.05, 0.1) is 18.3 Å². The van der Waals surface area contributed by atoms with E-state index >= 15 is 0 Å². The second kappa shape index (κ2) is 6.11. The van der Waals surface area contributed by atoms with Crippen molar-refractivity contribution in [3.63, 3.8) is 0 Å². The average Bonchev–Trinajstić information content (AvgIpc) is 2.94. The Labute approximate surface area is 137 Å². The summed E-state index contributed by atoms with van der Waals surface area (Å²) in [6.07, 6.45) is 7.43. The molecule has 0 bridgehead atoms.